The van der Waals surface area contributed by atoms with E-state index < -0.39 is 12.2 Å². The highest BCUT2D eigenvalue weighted by Crippen LogP contribution is 2.23. The number of ketones is 1. The number of benzene rings is 2. The van der Waals surface area contributed by atoms with Crippen molar-refractivity contribution in [2.24, 2.45) is 11.8 Å². The first-order valence-electron chi connectivity index (χ1n) is 10.1. The largest absolute Gasteiger partial charge is 0.478 e. The lowest BCUT2D eigenvalue weighted by Crippen LogP contribution is -2.37. The van der Waals surface area contributed by atoms with Gasteiger partial charge in [0.05, 0.1) is 5.56 Å². The summed E-state index contributed by atoms with van der Waals surface area (Å²) in [4.78, 5) is 26.2. The van der Waals surface area contributed by atoms with E-state index in [0.29, 0.717) is 23.8 Å². The zero-order valence-electron chi connectivity index (χ0n) is 17.6. The molecule has 0 saturated carbocycles. The number of carboxylic acids is 1. The van der Waals surface area contributed by atoms with Gasteiger partial charge in [-0.15, -0.1) is 0 Å². The van der Waals surface area contributed by atoms with Crippen LogP contribution in [0.25, 0.3) is 0 Å². The summed E-state index contributed by atoms with van der Waals surface area (Å²) in [5.41, 5.74) is 1.43. The van der Waals surface area contributed by atoms with Crippen molar-refractivity contribution in [3.8, 4) is 0 Å². The van der Waals surface area contributed by atoms with Gasteiger partial charge in [-0.05, 0) is 55.0 Å². The molecule has 0 radical (unpaired) electrons. The van der Waals surface area contributed by atoms with E-state index in [9.17, 15) is 19.8 Å². The van der Waals surface area contributed by atoms with Gasteiger partial charge in [0.25, 0.3) is 0 Å². The normalized spacial score (nSPS) is 12.2. The minimum absolute atomic E-state index is 0.00695. The van der Waals surface area contributed by atoms with Crippen LogP contribution in [0.2, 0.25) is 0 Å². The second-order valence-electron chi connectivity index (χ2n) is 8.21. The van der Waals surface area contributed by atoms with Crippen molar-refractivity contribution < 1.29 is 19.8 Å². The minimum atomic E-state index is -1.12. The Kier molecular flexibility index (Phi) is 7.97. The summed E-state index contributed by atoms with van der Waals surface area (Å²) in [6, 6.07) is 13.2. The van der Waals surface area contributed by atoms with Crippen LogP contribution in [-0.4, -0.2) is 34.7 Å². The van der Waals surface area contributed by atoms with E-state index in [0.717, 1.165) is 18.7 Å². The summed E-state index contributed by atoms with van der Waals surface area (Å²) >= 11 is 0. The quantitative estimate of drug-likeness (QED) is 0.443. The number of hydrogen-bond acceptors (Lipinski definition) is 4. The van der Waals surface area contributed by atoms with Gasteiger partial charge < -0.3 is 15.1 Å². The topological polar surface area (TPSA) is 77.8 Å². The summed E-state index contributed by atoms with van der Waals surface area (Å²) in [6.07, 6.45) is 1.01. The zero-order chi connectivity index (χ0) is 21.6. The first-order chi connectivity index (χ1) is 13.7. The van der Waals surface area contributed by atoms with Crippen LogP contribution in [0.15, 0.2) is 48.5 Å². The Morgan fingerprint density at radius 2 is 1.48 bits per heavy atom. The number of hydrogen-bond donors (Lipinski definition) is 2. The number of anilines is 1. The van der Waals surface area contributed by atoms with Crippen LogP contribution in [0.5, 0.6) is 0 Å². The highest BCUT2D eigenvalue weighted by Gasteiger charge is 2.20. The van der Waals surface area contributed by atoms with Crippen LogP contribution in [0.1, 0.15) is 66.8 Å². The SMILES string of the molecule is CC(C)CCN(c1ccc(C(=O)c2ccccc2C(=O)O)cc1)C(O)CC(C)C. The Morgan fingerprint density at radius 1 is 0.897 bits per heavy atom. The van der Waals surface area contributed by atoms with Crippen molar-refractivity contribution in [1.29, 1.82) is 0 Å². The molecule has 0 aliphatic rings. The maximum absolute atomic E-state index is 12.8. The molecule has 0 bridgehead atoms. The van der Waals surface area contributed by atoms with E-state index in [1.807, 2.05) is 17.0 Å². The standard InChI is InChI=1S/C24H31NO4/c1-16(2)13-14-25(22(26)15-17(3)4)19-11-9-18(10-12-19)23(27)20-7-5-6-8-21(20)24(28)29/h5-12,16-17,22,26H,13-15H2,1-4H3,(H,28,29). The third kappa shape index (κ3) is 6.16. The van der Waals surface area contributed by atoms with Crippen molar-refractivity contribution in [2.45, 2.75) is 46.8 Å². The predicted molar refractivity (Wildman–Crippen MR) is 116 cm³/mol. The van der Waals surface area contributed by atoms with Gasteiger partial charge >= 0.3 is 5.97 Å². The van der Waals surface area contributed by atoms with E-state index in [1.54, 1.807) is 24.3 Å². The van der Waals surface area contributed by atoms with Crippen LogP contribution in [0.3, 0.4) is 0 Å². The maximum Gasteiger partial charge on any atom is 0.336 e. The van der Waals surface area contributed by atoms with Gasteiger partial charge in [0.2, 0.25) is 0 Å². The molecule has 0 aliphatic carbocycles. The second kappa shape index (κ2) is 10.2. The van der Waals surface area contributed by atoms with E-state index in [-0.39, 0.29) is 16.9 Å². The zero-order valence-corrected chi connectivity index (χ0v) is 17.6. The first-order valence-corrected chi connectivity index (χ1v) is 10.1. The molecule has 5 nitrogen and oxygen atoms in total. The van der Waals surface area contributed by atoms with Crippen LogP contribution >= 0.6 is 0 Å². The molecule has 5 heteroatoms. The number of aliphatic hydroxyl groups is 1. The monoisotopic (exact) mass is 397 g/mol. The number of rotatable bonds is 10. The molecule has 2 aromatic carbocycles. The van der Waals surface area contributed by atoms with Crippen molar-refractivity contribution in [2.75, 3.05) is 11.4 Å². The first kappa shape index (κ1) is 22.6. The highest BCUT2D eigenvalue weighted by molar-refractivity contribution is 6.14. The molecule has 0 aromatic heterocycles. The molecule has 1 atom stereocenters. The van der Waals surface area contributed by atoms with E-state index in [1.165, 1.54) is 12.1 Å². The predicted octanol–water partition coefficient (Wildman–Crippen LogP) is 4.83. The van der Waals surface area contributed by atoms with Gasteiger partial charge in [0.15, 0.2) is 5.78 Å². The fourth-order valence-corrected chi connectivity index (χ4v) is 3.22. The number of carboxylic acid groups (broad SMARTS) is 1. The van der Waals surface area contributed by atoms with Gasteiger partial charge in [0, 0.05) is 23.4 Å². The summed E-state index contributed by atoms with van der Waals surface area (Å²) in [7, 11) is 0. The Balaban J connectivity index is 2.28. The van der Waals surface area contributed by atoms with Crippen molar-refractivity contribution in [3.05, 3.63) is 65.2 Å². The molecule has 0 saturated heterocycles. The Morgan fingerprint density at radius 3 is 2.00 bits per heavy atom. The van der Waals surface area contributed by atoms with Gasteiger partial charge in [-0.3, -0.25) is 4.79 Å². The molecule has 1 unspecified atom stereocenters. The molecule has 2 rings (SSSR count). The van der Waals surface area contributed by atoms with Gasteiger partial charge in [0.1, 0.15) is 6.23 Å². The van der Waals surface area contributed by atoms with Gasteiger partial charge in [-0.25, -0.2) is 4.79 Å². The average Bonchev–Trinajstić information content (AvgIpc) is 2.67. The van der Waals surface area contributed by atoms with Crippen LogP contribution in [-0.2, 0) is 0 Å². The maximum atomic E-state index is 12.8. The number of nitrogens with zero attached hydrogens (tertiary/aromatic N) is 1. The minimum Gasteiger partial charge on any atom is -0.478 e. The van der Waals surface area contributed by atoms with Gasteiger partial charge in [-0.2, -0.15) is 0 Å². The second-order valence-corrected chi connectivity index (χ2v) is 8.21. The van der Waals surface area contributed by atoms with Crippen LogP contribution in [0.4, 0.5) is 5.69 Å². The summed E-state index contributed by atoms with van der Waals surface area (Å²) in [5, 5.41) is 20.0. The fraction of sp³-hybridized carbons (Fsp3) is 0.417. The highest BCUT2D eigenvalue weighted by atomic mass is 16.4. The van der Waals surface area contributed by atoms with Gasteiger partial charge in [-0.1, -0.05) is 45.9 Å². The van der Waals surface area contributed by atoms with E-state index in [2.05, 4.69) is 27.7 Å². The number of aliphatic hydroxyl groups excluding tert-OH is 1. The van der Waals surface area contributed by atoms with E-state index in [4.69, 9.17) is 0 Å². The number of aromatic carboxylic acids is 1. The molecule has 0 spiro atoms. The van der Waals surface area contributed by atoms with Crippen molar-refractivity contribution in [3.63, 3.8) is 0 Å². The summed E-state index contributed by atoms with van der Waals surface area (Å²) in [6.45, 7) is 9.17. The molecule has 0 fully saturated rings. The lowest BCUT2D eigenvalue weighted by Gasteiger charge is -2.32. The lowest BCUT2D eigenvalue weighted by atomic mass is 9.98. The third-order valence-corrected chi connectivity index (χ3v) is 4.85. The smallest absolute Gasteiger partial charge is 0.336 e. The molecule has 2 aromatic rings. The molecule has 156 valence electrons. The molecule has 0 aliphatic heterocycles. The number of carbonyl (C=O) groups excluding carboxylic acids is 1. The third-order valence-electron chi connectivity index (χ3n) is 4.85. The molecule has 2 N–H and O–H groups in total. The molecule has 0 amide bonds. The average molecular weight is 398 g/mol. The molecular weight excluding hydrogens is 366 g/mol. The Hall–Kier alpha value is -2.66. The molecule has 0 heterocycles. The number of carbonyl (C=O) groups is 2. The van der Waals surface area contributed by atoms with Crippen molar-refractivity contribution in [1.82, 2.24) is 0 Å². The summed E-state index contributed by atoms with van der Waals surface area (Å²) < 4.78 is 0. The van der Waals surface area contributed by atoms with Crippen LogP contribution < -0.4 is 4.90 Å². The molecular formula is C24H31NO4. The van der Waals surface area contributed by atoms with Crippen molar-refractivity contribution >= 4 is 17.4 Å². The lowest BCUT2D eigenvalue weighted by molar-refractivity contribution is 0.0692. The Labute approximate surface area is 173 Å². The summed E-state index contributed by atoms with van der Waals surface area (Å²) in [5.74, 6) is -0.578. The molecule has 29 heavy (non-hydrogen) atoms. The fourth-order valence-electron chi connectivity index (χ4n) is 3.22. The Bertz CT molecular complexity index is 827. The van der Waals surface area contributed by atoms with Crippen LogP contribution in [0, 0.1) is 11.8 Å². The van der Waals surface area contributed by atoms with E-state index >= 15 is 0 Å².